The van der Waals surface area contributed by atoms with Gasteiger partial charge in [0.15, 0.2) is 11.6 Å². The molecule has 1 heterocycles. The monoisotopic (exact) mass is 269 g/mol. The Morgan fingerprint density at radius 1 is 1.05 bits per heavy atom. The summed E-state index contributed by atoms with van der Waals surface area (Å²) in [5.41, 5.74) is 1.39. The molecule has 0 aliphatic carbocycles. The van der Waals surface area contributed by atoms with Crippen molar-refractivity contribution in [1.82, 2.24) is 9.97 Å². The molecule has 0 amide bonds. The van der Waals surface area contributed by atoms with Gasteiger partial charge in [0.25, 0.3) is 0 Å². The lowest BCUT2D eigenvalue weighted by Crippen LogP contribution is -2.11. The Bertz CT molecular complexity index is 570. The van der Waals surface area contributed by atoms with Crippen molar-refractivity contribution in [2.75, 3.05) is 10.7 Å². The fraction of sp³-hybridized carbons (Fsp3) is 0.0909. The maximum atomic E-state index is 12.8. The highest BCUT2D eigenvalue weighted by Crippen LogP contribution is 2.35. The van der Waals surface area contributed by atoms with Gasteiger partial charge in [-0.15, -0.1) is 0 Å². The molecule has 2 aromatic rings. The van der Waals surface area contributed by atoms with Crippen LogP contribution in [-0.4, -0.2) is 9.97 Å². The fourth-order valence-electron chi connectivity index (χ4n) is 1.47. The van der Waals surface area contributed by atoms with Gasteiger partial charge in [0, 0.05) is 0 Å². The van der Waals surface area contributed by atoms with Crippen molar-refractivity contribution in [3.8, 4) is 0 Å². The van der Waals surface area contributed by atoms with Crippen LogP contribution in [0.2, 0.25) is 0 Å². The summed E-state index contributed by atoms with van der Waals surface area (Å²) in [6.07, 6.45) is -1.80. The summed E-state index contributed by atoms with van der Waals surface area (Å²) in [6.45, 7) is 0. The Kier molecular flexibility index (Phi) is 3.52. The highest BCUT2D eigenvalue weighted by molar-refractivity contribution is 5.61. The number of hydrogen-bond acceptors (Lipinski definition) is 5. The maximum Gasteiger partial charge on any atom is 0.418 e. The molecule has 0 aliphatic heterocycles. The van der Waals surface area contributed by atoms with E-state index in [1.807, 2.05) is 0 Å². The highest BCUT2D eigenvalue weighted by atomic mass is 19.4. The van der Waals surface area contributed by atoms with Crippen molar-refractivity contribution in [2.45, 2.75) is 6.18 Å². The van der Waals surface area contributed by atoms with E-state index in [1.165, 1.54) is 30.6 Å². The summed E-state index contributed by atoms with van der Waals surface area (Å²) in [4.78, 5) is 7.73. The third-order valence-electron chi connectivity index (χ3n) is 2.28. The Balaban J connectivity index is 2.33. The van der Waals surface area contributed by atoms with Crippen molar-refractivity contribution in [3.05, 3.63) is 42.2 Å². The highest BCUT2D eigenvalue weighted by Gasteiger charge is 2.33. The molecule has 19 heavy (non-hydrogen) atoms. The van der Waals surface area contributed by atoms with Crippen LogP contribution in [-0.2, 0) is 6.18 Å². The van der Waals surface area contributed by atoms with E-state index >= 15 is 0 Å². The first-order valence-corrected chi connectivity index (χ1v) is 5.22. The van der Waals surface area contributed by atoms with Gasteiger partial charge in [-0.1, -0.05) is 12.1 Å². The molecule has 0 aliphatic rings. The number of nitrogen functional groups attached to an aromatic ring is 1. The van der Waals surface area contributed by atoms with Crippen molar-refractivity contribution >= 4 is 17.3 Å². The molecule has 0 unspecified atom stereocenters. The number of alkyl halides is 3. The van der Waals surface area contributed by atoms with Gasteiger partial charge in [-0.25, -0.2) is 10.8 Å². The van der Waals surface area contributed by atoms with E-state index in [4.69, 9.17) is 5.84 Å². The second-order valence-electron chi connectivity index (χ2n) is 3.60. The third-order valence-corrected chi connectivity index (χ3v) is 2.28. The molecule has 5 nitrogen and oxygen atoms in total. The summed E-state index contributed by atoms with van der Waals surface area (Å²) in [5.74, 6) is 5.56. The minimum Gasteiger partial charge on any atom is -0.338 e. The van der Waals surface area contributed by atoms with Gasteiger partial charge in [0.1, 0.15) is 0 Å². The second kappa shape index (κ2) is 5.11. The summed E-state index contributed by atoms with van der Waals surface area (Å²) in [7, 11) is 0. The van der Waals surface area contributed by atoms with Crippen LogP contribution in [0.15, 0.2) is 36.7 Å². The number of aromatic nitrogens is 2. The van der Waals surface area contributed by atoms with E-state index < -0.39 is 11.7 Å². The van der Waals surface area contributed by atoms with E-state index in [9.17, 15) is 13.2 Å². The molecule has 0 atom stereocenters. The smallest absolute Gasteiger partial charge is 0.338 e. The van der Waals surface area contributed by atoms with Crippen LogP contribution >= 0.6 is 0 Å². The molecule has 100 valence electrons. The topological polar surface area (TPSA) is 75.9 Å². The van der Waals surface area contributed by atoms with Crippen LogP contribution in [0.4, 0.5) is 30.5 Å². The van der Waals surface area contributed by atoms with Crippen LogP contribution in [0.1, 0.15) is 5.56 Å². The summed E-state index contributed by atoms with van der Waals surface area (Å²) in [6, 6.07) is 5.11. The number of nitrogens with two attached hydrogens (primary N) is 1. The molecule has 1 aromatic heterocycles. The van der Waals surface area contributed by atoms with Gasteiger partial charge in [0.05, 0.1) is 23.6 Å². The third kappa shape index (κ3) is 3.10. The quantitative estimate of drug-likeness (QED) is 0.589. The zero-order valence-electron chi connectivity index (χ0n) is 9.57. The lowest BCUT2D eigenvalue weighted by Gasteiger charge is -2.13. The minimum atomic E-state index is -4.44. The van der Waals surface area contributed by atoms with Crippen LogP contribution < -0.4 is 16.6 Å². The SMILES string of the molecule is NNc1cncc(Nc2ccccc2C(F)(F)F)n1. The normalized spacial score (nSPS) is 11.2. The molecular weight excluding hydrogens is 259 g/mol. The molecule has 2 rings (SSSR count). The molecule has 0 fully saturated rings. The van der Waals surface area contributed by atoms with Crippen molar-refractivity contribution in [1.29, 1.82) is 0 Å². The van der Waals surface area contributed by atoms with Crippen LogP contribution in [0.25, 0.3) is 0 Å². The van der Waals surface area contributed by atoms with Crippen molar-refractivity contribution in [3.63, 3.8) is 0 Å². The zero-order valence-corrected chi connectivity index (χ0v) is 9.57. The van der Waals surface area contributed by atoms with Crippen LogP contribution in [0, 0.1) is 0 Å². The van der Waals surface area contributed by atoms with Crippen LogP contribution in [0.5, 0.6) is 0 Å². The number of anilines is 3. The first-order chi connectivity index (χ1) is 9.00. The number of rotatable bonds is 3. The van der Waals surface area contributed by atoms with Gasteiger partial charge >= 0.3 is 6.18 Å². The van der Waals surface area contributed by atoms with Crippen LogP contribution in [0.3, 0.4) is 0 Å². The Morgan fingerprint density at radius 3 is 2.42 bits per heavy atom. The van der Waals surface area contributed by atoms with E-state index in [0.717, 1.165) is 6.07 Å². The number of hydrazine groups is 1. The number of hydrogen-bond donors (Lipinski definition) is 3. The predicted octanol–water partition coefficient (Wildman–Crippen LogP) is 2.52. The first kappa shape index (κ1) is 13.1. The number of para-hydroxylation sites is 1. The fourth-order valence-corrected chi connectivity index (χ4v) is 1.47. The number of benzene rings is 1. The van der Waals surface area contributed by atoms with Gasteiger partial charge in [-0.05, 0) is 12.1 Å². The van der Waals surface area contributed by atoms with Gasteiger partial charge in [-0.2, -0.15) is 13.2 Å². The molecule has 0 saturated carbocycles. The molecule has 0 saturated heterocycles. The lowest BCUT2D eigenvalue weighted by molar-refractivity contribution is -0.136. The summed E-state index contributed by atoms with van der Waals surface area (Å²) < 4.78 is 38.4. The largest absolute Gasteiger partial charge is 0.418 e. The van der Waals surface area contributed by atoms with E-state index in [-0.39, 0.29) is 17.3 Å². The average Bonchev–Trinajstić information content (AvgIpc) is 2.38. The van der Waals surface area contributed by atoms with E-state index in [2.05, 4.69) is 20.7 Å². The molecule has 1 aromatic carbocycles. The molecular formula is C11H10F3N5. The lowest BCUT2D eigenvalue weighted by atomic mass is 10.1. The van der Waals surface area contributed by atoms with Crippen molar-refractivity contribution in [2.24, 2.45) is 5.84 Å². The standard InChI is InChI=1S/C11H10F3N5/c12-11(13,14)7-3-1-2-4-8(7)17-9-5-16-6-10(18-9)19-15/h1-6H,15H2,(H2,17,18,19). The number of nitrogens with zero attached hydrogens (tertiary/aromatic N) is 2. The van der Waals surface area contributed by atoms with Crippen molar-refractivity contribution < 1.29 is 13.2 Å². The summed E-state index contributed by atoms with van der Waals surface area (Å²) >= 11 is 0. The van der Waals surface area contributed by atoms with E-state index in [1.54, 1.807) is 0 Å². The Labute approximate surface area is 106 Å². The predicted molar refractivity (Wildman–Crippen MR) is 64.6 cm³/mol. The van der Waals surface area contributed by atoms with Gasteiger partial charge < -0.3 is 10.7 Å². The zero-order chi connectivity index (χ0) is 13.9. The number of halogens is 3. The maximum absolute atomic E-state index is 12.8. The summed E-state index contributed by atoms with van der Waals surface area (Å²) in [5, 5.41) is 2.56. The van der Waals surface area contributed by atoms with Gasteiger partial charge in [0.2, 0.25) is 0 Å². The minimum absolute atomic E-state index is 0.0986. The molecule has 8 heteroatoms. The molecule has 4 N–H and O–H groups in total. The Hall–Kier alpha value is -2.35. The van der Waals surface area contributed by atoms with E-state index in [0.29, 0.717) is 0 Å². The number of nitrogens with one attached hydrogen (secondary N) is 2. The first-order valence-electron chi connectivity index (χ1n) is 5.22. The molecule has 0 radical (unpaired) electrons. The molecule has 0 spiro atoms. The van der Waals surface area contributed by atoms with Gasteiger partial charge in [-0.3, -0.25) is 4.98 Å². The molecule has 0 bridgehead atoms. The second-order valence-corrected chi connectivity index (χ2v) is 3.60. The average molecular weight is 269 g/mol. The Morgan fingerprint density at radius 2 is 1.74 bits per heavy atom.